The number of esters is 1. The molecule has 0 radical (unpaired) electrons. The first kappa shape index (κ1) is 15.5. The number of hydrogen-bond donors (Lipinski definition) is 2. The SMILES string of the molecule is COC(=O)c1cc2cc(NC(=O)C3(N)CCOCC3)ccc2o1. The minimum Gasteiger partial charge on any atom is -0.463 e. The molecule has 7 nitrogen and oxygen atoms in total. The monoisotopic (exact) mass is 318 g/mol. The van der Waals surface area contributed by atoms with Crippen LogP contribution < -0.4 is 11.1 Å². The Morgan fingerprint density at radius 1 is 1.26 bits per heavy atom. The molecule has 2 aromatic rings. The number of methoxy groups -OCH3 is 1. The van der Waals surface area contributed by atoms with Gasteiger partial charge in [-0.15, -0.1) is 0 Å². The number of fused-ring (bicyclic) bond motifs is 1. The van der Waals surface area contributed by atoms with Crippen LogP contribution >= 0.6 is 0 Å². The molecule has 122 valence electrons. The maximum absolute atomic E-state index is 12.4. The molecule has 3 N–H and O–H groups in total. The largest absolute Gasteiger partial charge is 0.463 e. The maximum Gasteiger partial charge on any atom is 0.373 e. The molecular formula is C16H18N2O5. The zero-order chi connectivity index (χ0) is 16.4. The van der Waals surface area contributed by atoms with Crippen molar-refractivity contribution >= 4 is 28.5 Å². The molecule has 2 heterocycles. The number of nitrogens with two attached hydrogens (primary N) is 1. The number of benzene rings is 1. The van der Waals surface area contributed by atoms with Crippen molar-refractivity contribution < 1.29 is 23.5 Å². The lowest BCUT2D eigenvalue weighted by atomic mass is 9.90. The van der Waals surface area contributed by atoms with Gasteiger partial charge in [0.15, 0.2) is 0 Å². The topological polar surface area (TPSA) is 104 Å². The Morgan fingerprint density at radius 3 is 2.70 bits per heavy atom. The van der Waals surface area contributed by atoms with Gasteiger partial charge in [0.1, 0.15) is 11.1 Å². The molecule has 1 aromatic heterocycles. The summed E-state index contributed by atoms with van der Waals surface area (Å²) in [5, 5.41) is 3.52. The van der Waals surface area contributed by atoms with Crippen molar-refractivity contribution in [1.82, 2.24) is 0 Å². The van der Waals surface area contributed by atoms with Crippen LogP contribution in [0, 0.1) is 0 Å². The lowest BCUT2D eigenvalue weighted by Crippen LogP contribution is -2.54. The third-order valence-corrected chi connectivity index (χ3v) is 4.00. The fourth-order valence-corrected chi connectivity index (χ4v) is 2.54. The molecule has 0 spiro atoms. The summed E-state index contributed by atoms with van der Waals surface area (Å²) in [6.07, 6.45) is 0.971. The van der Waals surface area contributed by atoms with Gasteiger partial charge in [0.25, 0.3) is 0 Å². The first-order valence-electron chi connectivity index (χ1n) is 7.32. The van der Waals surface area contributed by atoms with Crippen LogP contribution in [0.25, 0.3) is 11.0 Å². The summed E-state index contributed by atoms with van der Waals surface area (Å²) in [7, 11) is 1.29. The van der Waals surface area contributed by atoms with Crippen LogP contribution in [0.5, 0.6) is 0 Å². The summed E-state index contributed by atoms with van der Waals surface area (Å²) in [5.41, 5.74) is 6.37. The number of carbonyl (C=O) groups is 2. The number of ether oxygens (including phenoxy) is 2. The molecule has 1 aliphatic heterocycles. The van der Waals surface area contributed by atoms with Gasteiger partial charge >= 0.3 is 5.97 Å². The van der Waals surface area contributed by atoms with E-state index in [2.05, 4.69) is 10.1 Å². The van der Waals surface area contributed by atoms with Crippen LogP contribution in [0.2, 0.25) is 0 Å². The molecule has 1 saturated heterocycles. The zero-order valence-corrected chi connectivity index (χ0v) is 12.8. The smallest absolute Gasteiger partial charge is 0.373 e. The fraction of sp³-hybridized carbons (Fsp3) is 0.375. The standard InChI is InChI=1S/C16H18N2O5/c1-21-14(19)13-9-10-8-11(2-3-12(10)23-13)18-15(20)16(17)4-6-22-7-5-16/h2-3,8-9H,4-7,17H2,1H3,(H,18,20). The van der Waals surface area contributed by atoms with Crippen molar-refractivity contribution in [3.63, 3.8) is 0 Å². The molecule has 0 aliphatic carbocycles. The molecule has 1 fully saturated rings. The van der Waals surface area contributed by atoms with Crippen molar-refractivity contribution in [2.45, 2.75) is 18.4 Å². The number of rotatable bonds is 3. The molecule has 1 aliphatic rings. The number of hydrogen-bond acceptors (Lipinski definition) is 6. The van der Waals surface area contributed by atoms with Crippen LogP contribution in [0.15, 0.2) is 28.7 Å². The van der Waals surface area contributed by atoms with Crippen LogP contribution in [0.4, 0.5) is 5.69 Å². The van der Waals surface area contributed by atoms with E-state index >= 15 is 0 Å². The molecule has 0 saturated carbocycles. The predicted molar refractivity (Wildman–Crippen MR) is 83.2 cm³/mol. The lowest BCUT2D eigenvalue weighted by molar-refractivity contribution is -0.124. The molecule has 23 heavy (non-hydrogen) atoms. The quantitative estimate of drug-likeness (QED) is 0.834. The highest BCUT2D eigenvalue weighted by Crippen LogP contribution is 2.25. The van der Waals surface area contributed by atoms with E-state index in [0.717, 1.165) is 0 Å². The van der Waals surface area contributed by atoms with Crippen molar-refractivity contribution in [2.75, 3.05) is 25.6 Å². The van der Waals surface area contributed by atoms with E-state index in [-0.39, 0.29) is 11.7 Å². The first-order valence-corrected chi connectivity index (χ1v) is 7.32. The summed E-state index contributed by atoms with van der Waals surface area (Å²) in [5.74, 6) is -0.669. The number of anilines is 1. The van der Waals surface area contributed by atoms with Crippen molar-refractivity contribution in [3.8, 4) is 0 Å². The van der Waals surface area contributed by atoms with Crippen LogP contribution in [0.1, 0.15) is 23.4 Å². The fourth-order valence-electron chi connectivity index (χ4n) is 2.54. The van der Waals surface area contributed by atoms with Crippen LogP contribution in [0.3, 0.4) is 0 Å². The molecule has 0 unspecified atom stereocenters. The number of furan rings is 1. The van der Waals surface area contributed by atoms with Gasteiger partial charge in [-0.1, -0.05) is 0 Å². The zero-order valence-electron chi connectivity index (χ0n) is 12.8. The van der Waals surface area contributed by atoms with E-state index in [4.69, 9.17) is 14.9 Å². The third kappa shape index (κ3) is 3.06. The van der Waals surface area contributed by atoms with Gasteiger partial charge in [-0.25, -0.2) is 4.79 Å². The Kier molecular flexibility index (Phi) is 4.06. The van der Waals surface area contributed by atoms with Crippen LogP contribution in [-0.4, -0.2) is 37.7 Å². The third-order valence-electron chi connectivity index (χ3n) is 4.00. The highest BCUT2D eigenvalue weighted by Gasteiger charge is 2.35. The van der Waals surface area contributed by atoms with Gasteiger partial charge in [0.05, 0.1) is 7.11 Å². The number of nitrogens with one attached hydrogen (secondary N) is 1. The summed E-state index contributed by atoms with van der Waals surface area (Å²) in [6, 6.07) is 6.69. The number of carbonyl (C=O) groups excluding carboxylic acids is 2. The average Bonchev–Trinajstić information content (AvgIpc) is 2.98. The molecule has 0 bridgehead atoms. The summed E-state index contributed by atoms with van der Waals surface area (Å²) < 4.78 is 15.3. The normalized spacial score (nSPS) is 17.0. The Hall–Kier alpha value is -2.38. The molecule has 3 rings (SSSR count). The highest BCUT2D eigenvalue weighted by molar-refractivity contribution is 6.00. The minimum absolute atomic E-state index is 0.116. The van der Waals surface area contributed by atoms with E-state index in [1.807, 2.05) is 0 Å². The second kappa shape index (κ2) is 6.02. The summed E-state index contributed by atoms with van der Waals surface area (Å²) in [4.78, 5) is 23.9. The Balaban J connectivity index is 1.80. The average molecular weight is 318 g/mol. The summed E-state index contributed by atoms with van der Waals surface area (Å²) >= 11 is 0. The van der Waals surface area contributed by atoms with E-state index in [9.17, 15) is 9.59 Å². The van der Waals surface area contributed by atoms with Crippen molar-refractivity contribution in [2.24, 2.45) is 5.73 Å². The van der Waals surface area contributed by atoms with Gasteiger partial charge in [0.2, 0.25) is 11.7 Å². The Morgan fingerprint density at radius 2 is 2.00 bits per heavy atom. The van der Waals surface area contributed by atoms with Crippen molar-refractivity contribution in [1.29, 1.82) is 0 Å². The first-order chi connectivity index (χ1) is 11.0. The molecular weight excluding hydrogens is 300 g/mol. The van der Waals surface area contributed by atoms with Gasteiger partial charge in [-0.2, -0.15) is 0 Å². The van der Waals surface area contributed by atoms with Gasteiger partial charge in [-0.3, -0.25) is 4.79 Å². The molecule has 7 heteroatoms. The van der Waals surface area contributed by atoms with Gasteiger partial charge in [-0.05, 0) is 37.1 Å². The Labute approximate surface area is 132 Å². The molecule has 1 aromatic carbocycles. The van der Waals surface area contributed by atoms with Gasteiger partial charge in [0, 0.05) is 24.3 Å². The molecule has 0 atom stereocenters. The van der Waals surface area contributed by atoms with Crippen LogP contribution in [-0.2, 0) is 14.3 Å². The Bertz CT molecular complexity index is 746. The summed E-state index contributed by atoms with van der Waals surface area (Å²) in [6.45, 7) is 0.959. The van der Waals surface area contributed by atoms with Crippen molar-refractivity contribution in [3.05, 3.63) is 30.0 Å². The highest BCUT2D eigenvalue weighted by atomic mass is 16.5. The number of amides is 1. The second-order valence-corrected chi connectivity index (χ2v) is 5.58. The van der Waals surface area contributed by atoms with E-state index < -0.39 is 11.5 Å². The van der Waals surface area contributed by atoms with Gasteiger partial charge < -0.3 is 24.9 Å². The molecule has 1 amide bonds. The lowest BCUT2D eigenvalue weighted by Gasteiger charge is -2.31. The second-order valence-electron chi connectivity index (χ2n) is 5.58. The van der Waals surface area contributed by atoms with E-state index in [0.29, 0.717) is 42.7 Å². The van der Waals surface area contributed by atoms with E-state index in [1.54, 1.807) is 24.3 Å². The predicted octanol–water partition coefficient (Wildman–Crippen LogP) is 1.67. The maximum atomic E-state index is 12.4. The minimum atomic E-state index is -0.916. The van der Waals surface area contributed by atoms with E-state index in [1.165, 1.54) is 7.11 Å².